The molecule has 0 saturated carbocycles. The summed E-state index contributed by atoms with van der Waals surface area (Å²) in [4.78, 5) is -0.213. The van der Waals surface area contributed by atoms with Gasteiger partial charge in [0.2, 0.25) is 0 Å². The molecule has 0 radical (unpaired) electrons. The summed E-state index contributed by atoms with van der Waals surface area (Å²) in [6, 6.07) is 0. The molecule has 0 aliphatic carbocycles. The summed E-state index contributed by atoms with van der Waals surface area (Å²) in [5.41, 5.74) is 0.258. The summed E-state index contributed by atoms with van der Waals surface area (Å²) < 4.78 is 0. The molecule has 0 aromatic rings. The zero-order valence-electron chi connectivity index (χ0n) is 5.54. The molecule has 0 aliphatic rings. The average Bonchev–Trinajstić information content (AvgIpc) is 1.21. The number of halogens is 2. The van der Waals surface area contributed by atoms with Gasteiger partial charge in [-0.25, -0.2) is 0 Å². The Morgan fingerprint density at radius 1 is 1.25 bits per heavy atom. The number of rotatable bonds is 1. The Hall–Kier alpha value is 0.580. The molecule has 0 spiro atoms. The van der Waals surface area contributed by atoms with Gasteiger partial charge < -0.3 is 0 Å². The van der Waals surface area contributed by atoms with Crippen LogP contribution in [0.5, 0.6) is 0 Å². The summed E-state index contributed by atoms with van der Waals surface area (Å²) in [5, 5.41) is 0. The molecule has 0 aromatic heterocycles. The molecule has 50 valence electrons. The third-order valence-corrected chi connectivity index (χ3v) is 1.08. The topological polar surface area (TPSA) is 0 Å². The van der Waals surface area contributed by atoms with Crippen molar-refractivity contribution in [1.29, 1.82) is 0 Å². The molecule has 0 aliphatic heterocycles. The monoisotopic (exact) mass is 154 g/mol. The summed E-state index contributed by atoms with van der Waals surface area (Å²) >= 11 is 11.1. The van der Waals surface area contributed by atoms with E-state index in [1.165, 1.54) is 0 Å². The lowest BCUT2D eigenvalue weighted by molar-refractivity contribution is 0.392. The molecular weight excluding hydrogens is 143 g/mol. The predicted octanol–water partition coefficient (Wildman–Crippen LogP) is 3.23. The number of hydrogen-bond donors (Lipinski definition) is 0. The van der Waals surface area contributed by atoms with Gasteiger partial charge in [-0.15, -0.1) is 23.2 Å². The van der Waals surface area contributed by atoms with E-state index in [1.807, 2.05) is 0 Å². The van der Waals surface area contributed by atoms with Crippen LogP contribution >= 0.6 is 23.2 Å². The first-order chi connectivity index (χ1) is 3.42. The maximum Gasteiger partial charge on any atom is 0.108 e. The van der Waals surface area contributed by atoms with E-state index in [1.54, 1.807) is 0 Å². The summed E-state index contributed by atoms with van der Waals surface area (Å²) in [6.07, 6.45) is 0.857. The van der Waals surface area contributed by atoms with Crippen LogP contribution in [-0.4, -0.2) is 4.84 Å². The van der Waals surface area contributed by atoms with Crippen molar-refractivity contribution < 1.29 is 0 Å². The SMILES string of the molecule is CC(C)(C)CC(Cl)Cl. The third-order valence-electron chi connectivity index (χ3n) is 0.767. The van der Waals surface area contributed by atoms with Gasteiger partial charge in [-0.3, -0.25) is 0 Å². The summed E-state index contributed by atoms with van der Waals surface area (Å²) in [6.45, 7) is 6.35. The largest absolute Gasteiger partial charge is 0.108 e. The minimum atomic E-state index is -0.213. The van der Waals surface area contributed by atoms with Crippen LogP contribution in [-0.2, 0) is 0 Å². The molecule has 8 heavy (non-hydrogen) atoms. The van der Waals surface area contributed by atoms with Crippen LogP contribution in [0, 0.1) is 5.41 Å². The van der Waals surface area contributed by atoms with Crippen molar-refractivity contribution in [3.8, 4) is 0 Å². The van der Waals surface area contributed by atoms with Crippen LogP contribution in [0.4, 0.5) is 0 Å². The number of hydrogen-bond acceptors (Lipinski definition) is 0. The lowest BCUT2D eigenvalue weighted by atomic mass is 9.93. The first kappa shape index (κ1) is 8.58. The van der Waals surface area contributed by atoms with E-state index in [4.69, 9.17) is 23.2 Å². The first-order valence-electron chi connectivity index (χ1n) is 2.70. The van der Waals surface area contributed by atoms with Gasteiger partial charge in [0.05, 0.1) is 0 Å². The van der Waals surface area contributed by atoms with E-state index in [9.17, 15) is 0 Å². The fourth-order valence-corrected chi connectivity index (χ4v) is 1.39. The fourth-order valence-electron chi connectivity index (χ4n) is 0.463. The molecule has 0 atom stereocenters. The van der Waals surface area contributed by atoms with Crippen LogP contribution < -0.4 is 0 Å². The van der Waals surface area contributed by atoms with E-state index in [0.717, 1.165) is 6.42 Å². The first-order valence-corrected chi connectivity index (χ1v) is 3.57. The second kappa shape index (κ2) is 2.93. The Kier molecular flexibility index (Phi) is 3.14. The number of alkyl halides is 2. The van der Waals surface area contributed by atoms with Crippen LogP contribution in [0.1, 0.15) is 27.2 Å². The second-order valence-electron chi connectivity index (χ2n) is 3.16. The molecule has 2 heteroatoms. The zero-order chi connectivity index (χ0) is 6.78. The van der Waals surface area contributed by atoms with Crippen molar-refractivity contribution in [3.05, 3.63) is 0 Å². The highest BCUT2D eigenvalue weighted by Crippen LogP contribution is 2.25. The third kappa shape index (κ3) is 6.58. The molecule has 0 fully saturated rings. The van der Waals surface area contributed by atoms with Crippen molar-refractivity contribution in [2.75, 3.05) is 0 Å². The van der Waals surface area contributed by atoms with Crippen molar-refractivity contribution in [2.24, 2.45) is 5.41 Å². The zero-order valence-corrected chi connectivity index (χ0v) is 7.05. The molecule has 0 amide bonds. The maximum atomic E-state index is 5.53. The van der Waals surface area contributed by atoms with Gasteiger partial charge in [-0.1, -0.05) is 20.8 Å². The highest BCUT2D eigenvalue weighted by molar-refractivity contribution is 6.44. The Balaban J connectivity index is 3.39. The van der Waals surface area contributed by atoms with Gasteiger partial charge in [0.25, 0.3) is 0 Å². The fraction of sp³-hybridized carbons (Fsp3) is 1.00. The van der Waals surface area contributed by atoms with Gasteiger partial charge in [0, 0.05) is 0 Å². The molecule has 0 saturated heterocycles. The summed E-state index contributed by atoms with van der Waals surface area (Å²) in [7, 11) is 0. The lowest BCUT2D eigenvalue weighted by Gasteiger charge is -2.17. The van der Waals surface area contributed by atoms with E-state index in [0.29, 0.717) is 0 Å². The Morgan fingerprint density at radius 3 is 1.62 bits per heavy atom. The Morgan fingerprint density at radius 2 is 1.62 bits per heavy atom. The van der Waals surface area contributed by atoms with Crippen LogP contribution in [0.15, 0.2) is 0 Å². The second-order valence-corrected chi connectivity index (χ2v) is 4.43. The van der Waals surface area contributed by atoms with Gasteiger partial charge in [-0.05, 0) is 11.8 Å². The average molecular weight is 155 g/mol. The predicted molar refractivity (Wildman–Crippen MR) is 39.6 cm³/mol. The van der Waals surface area contributed by atoms with Crippen molar-refractivity contribution in [3.63, 3.8) is 0 Å². The van der Waals surface area contributed by atoms with Crippen LogP contribution in [0.2, 0.25) is 0 Å². The highest BCUT2D eigenvalue weighted by atomic mass is 35.5. The molecule has 0 aromatic carbocycles. The highest BCUT2D eigenvalue weighted by Gasteiger charge is 2.13. The van der Waals surface area contributed by atoms with Gasteiger partial charge >= 0.3 is 0 Å². The minimum Gasteiger partial charge on any atom is -0.105 e. The van der Waals surface area contributed by atoms with E-state index in [-0.39, 0.29) is 10.3 Å². The minimum absolute atomic E-state index is 0.213. The normalized spacial score (nSPS) is 12.8. The van der Waals surface area contributed by atoms with Crippen molar-refractivity contribution in [1.82, 2.24) is 0 Å². The van der Waals surface area contributed by atoms with Gasteiger partial charge in [0.1, 0.15) is 4.84 Å². The van der Waals surface area contributed by atoms with E-state index in [2.05, 4.69) is 20.8 Å². The molecule has 0 rings (SSSR count). The molecule has 0 nitrogen and oxygen atoms in total. The molecule has 0 heterocycles. The lowest BCUT2D eigenvalue weighted by Crippen LogP contribution is -2.08. The smallest absolute Gasteiger partial charge is 0.105 e. The molecule has 0 N–H and O–H groups in total. The van der Waals surface area contributed by atoms with Crippen LogP contribution in [0.3, 0.4) is 0 Å². The molecular formula is C6H12Cl2. The Bertz CT molecular complexity index is 61.4. The van der Waals surface area contributed by atoms with Crippen LogP contribution in [0.25, 0.3) is 0 Å². The van der Waals surface area contributed by atoms with Crippen molar-refractivity contribution >= 4 is 23.2 Å². The van der Waals surface area contributed by atoms with Gasteiger partial charge in [0.15, 0.2) is 0 Å². The molecule has 0 unspecified atom stereocenters. The van der Waals surface area contributed by atoms with Gasteiger partial charge in [-0.2, -0.15) is 0 Å². The summed E-state index contributed by atoms with van der Waals surface area (Å²) in [5.74, 6) is 0. The molecule has 0 bridgehead atoms. The Labute approximate surface area is 61.2 Å². The van der Waals surface area contributed by atoms with E-state index >= 15 is 0 Å². The standard InChI is InChI=1S/C6H12Cl2/c1-6(2,3)4-5(7)8/h5H,4H2,1-3H3. The maximum absolute atomic E-state index is 5.53. The van der Waals surface area contributed by atoms with E-state index < -0.39 is 0 Å². The van der Waals surface area contributed by atoms with Crippen molar-refractivity contribution in [2.45, 2.75) is 32.0 Å². The quantitative estimate of drug-likeness (QED) is 0.510.